The maximum Gasteiger partial charge on any atom is 0.241 e. The molecule has 0 aromatic heterocycles. The Balaban J connectivity index is 2.94. The van der Waals surface area contributed by atoms with Crippen LogP contribution in [-0.2, 0) is 10.0 Å². The summed E-state index contributed by atoms with van der Waals surface area (Å²) in [7, 11) is -3.50. The van der Waals surface area contributed by atoms with Gasteiger partial charge in [0.25, 0.3) is 0 Å². The first kappa shape index (κ1) is 17.0. The molecule has 1 aromatic rings. The van der Waals surface area contributed by atoms with Crippen LogP contribution in [0.1, 0.15) is 51.5 Å². The Morgan fingerprint density at radius 3 is 2.50 bits per heavy atom. The lowest BCUT2D eigenvalue weighted by Crippen LogP contribution is -2.35. The molecule has 1 rings (SSSR count). The summed E-state index contributed by atoms with van der Waals surface area (Å²) in [5, 5.41) is 0. The number of nitrogens with one attached hydrogen (secondary N) is 1. The maximum absolute atomic E-state index is 12.5. The van der Waals surface area contributed by atoms with Gasteiger partial charge < -0.3 is 5.73 Å². The van der Waals surface area contributed by atoms with Crippen LogP contribution in [0.5, 0.6) is 0 Å². The van der Waals surface area contributed by atoms with E-state index in [1.807, 2.05) is 0 Å². The van der Waals surface area contributed by atoms with Crippen molar-refractivity contribution in [1.82, 2.24) is 4.72 Å². The topological polar surface area (TPSA) is 72.2 Å². The molecule has 1 atom stereocenters. The van der Waals surface area contributed by atoms with Crippen LogP contribution in [-0.4, -0.2) is 14.5 Å². The minimum Gasteiger partial charge on any atom is -0.398 e. The molecule has 0 aliphatic heterocycles. The molecule has 1 aromatic carbocycles. The predicted molar refractivity (Wildman–Crippen MR) is 84.1 cm³/mol. The van der Waals surface area contributed by atoms with E-state index in [9.17, 15) is 8.42 Å². The van der Waals surface area contributed by atoms with Crippen LogP contribution in [0.2, 0.25) is 0 Å². The van der Waals surface area contributed by atoms with Crippen LogP contribution in [0, 0.1) is 6.92 Å². The van der Waals surface area contributed by atoms with Crippen LogP contribution in [0.4, 0.5) is 5.69 Å². The fourth-order valence-corrected chi connectivity index (χ4v) is 3.85. The number of hydrogen-bond donors (Lipinski definition) is 2. The van der Waals surface area contributed by atoms with E-state index in [2.05, 4.69) is 18.6 Å². The first-order valence-corrected chi connectivity index (χ1v) is 8.78. The van der Waals surface area contributed by atoms with Gasteiger partial charge in [-0.05, 0) is 37.5 Å². The summed E-state index contributed by atoms with van der Waals surface area (Å²) >= 11 is 0. The second-order valence-electron chi connectivity index (χ2n) is 5.22. The average molecular weight is 298 g/mol. The number of unbranched alkanes of at least 4 members (excludes halogenated alkanes) is 1. The van der Waals surface area contributed by atoms with Gasteiger partial charge in [0, 0.05) is 11.7 Å². The molecule has 0 spiro atoms. The third-order valence-corrected chi connectivity index (χ3v) is 5.15. The third-order valence-electron chi connectivity index (χ3n) is 3.48. The summed E-state index contributed by atoms with van der Waals surface area (Å²) in [4.78, 5) is 0.287. The van der Waals surface area contributed by atoms with E-state index in [0.717, 1.165) is 32.1 Å². The Bertz CT molecular complexity index is 527. The number of anilines is 1. The molecule has 0 bridgehead atoms. The fourth-order valence-electron chi connectivity index (χ4n) is 2.27. The molecule has 0 aliphatic rings. The van der Waals surface area contributed by atoms with Crippen molar-refractivity contribution in [2.24, 2.45) is 0 Å². The third kappa shape index (κ3) is 4.49. The molecule has 5 heteroatoms. The summed E-state index contributed by atoms with van der Waals surface area (Å²) in [6.45, 7) is 5.92. The lowest BCUT2D eigenvalue weighted by atomic mass is 10.1. The number of benzene rings is 1. The zero-order valence-corrected chi connectivity index (χ0v) is 13.5. The molecule has 0 heterocycles. The summed E-state index contributed by atoms with van der Waals surface area (Å²) in [5.74, 6) is 0. The summed E-state index contributed by atoms with van der Waals surface area (Å²) in [5.41, 5.74) is 6.92. The largest absolute Gasteiger partial charge is 0.398 e. The number of sulfonamides is 1. The SMILES string of the molecule is CCCCC(CCC)NS(=O)(=O)c1cccc(N)c1C. The molecule has 0 amide bonds. The minimum absolute atomic E-state index is 0.00535. The summed E-state index contributed by atoms with van der Waals surface area (Å²) in [6, 6.07) is 5.01. The van der Waals surface area contributed by atoms with Gasteiger partial charge in [0.15, 0.2) is 0 Å². The predicted octanol–water partition coefficient (Wildman–Crippen LogP) is 3.21. The lowest BCUT2D eigenvalue weighted by molar-refractivity contribution is 0.483. The molecule has 0 saturated heterocycles. The van der Waals surface area contributed by atoms with Crippen molar-refractivity contribution in [1.29, 1.82) is 0 Å². The maximum atomic E-state index is 12.5. The van der Waals surface area contributed by atoms with Gasteiger partial charge in [-0.2, -0.15) is 0 Å². The molecule has 0 aliphatic carbocycles. The van der Waals surface area contributed by atoms with Crippen LogP contribution < -0.4 is 10.5 Å². The Morgan fingerprint density at radius 1 is 1.20 bits per heavy atom. The Hall–Kier alpha value is -1.07. The van der Waals surface area contributed by atoms with Crippen LogP contribution in [0.3, 0.4) is 0 Å². The minimum atomic E-state index is -3.50. The highest BCUT2D eigenvalue weighted by Gasteiger charge is 2.21. The Morgan fingerprint density at radius 2 is 1.90 bits per heavy atom. The standard InChI is InChI=1S/C15H26N2O2S/c1-4-6-9-13(8-5-2)17-20(18,19)15-11-7-10-14(16)12(15)3/h7,10-11,13,17H,4-6,8-9,16H2,1-3H3. The van der Waals surface area contributed by atoms with E-state index in [1.165, 1.54) is 0 Å². The lowest BCUT2D eigenvalue weighted by Gasteiger charge is -2.19. The van der Waals surface area contributed by atoms with Gasteiger partial charge in [-0.15, -0.1) is 0 Å². The van der Waals surface area contributed by atoms with Crippen molar-refractivity contribution in [2.75, 3.05) is 5.73 Å². The van der Waals surface area contributed by atoms with Crippen LogP contribution >= 0.6 is 0 Å². The van der Waals surface area contributed by atoms with E-state index in [1.54, 1.807) is 25.1 Å². The molecule has 1 unspecified atom stereocenters. The van der Waals surface area contributed by atoms with Gasteiger partial charge in [0.1, 0.15) is 0 Å². The Labute approximate surface area is 122 Å². The van der Waals surface area contributed by atoms with Crippen molar-refractivity contribution in [3.63, 3.8) is 0 Å². The number of hydrogen-bond acceptors (Lipinski definition) is 3. The van der Waals surface area contributed by atoms with Gasteiger partial charge in [-0.1, -0.05) is 39.2 Å². The smallest absolute Gasteiger partial charge is 0.241 e. The van der Waals surface area contributed by atoms with E-state index in [4.69, 9.17) is 5.73 Å². The molecule has 4 nitrogen and oxygen atoms in total. The second kappa shape index (κ2) is 7.64. The molecule has 114 valence electrons. The zero-order valence-electron chi connectivity index (χ0n) is 12.6. The molecule has 20 heavy (non-hydrogen) atoms. The molecule has 0 saturated carbocycles. The molecule has 0 fully saturated rings. The number of nitrogens with two attached hydrogens (primary N) is 1. The fraction of sp³-hybridized carbons (Fsp3) is 0.600. The Kier molecular flexibility index (Phi) is 6.49. The van der Waals surface area contributed by atoms with Gasteiger partial charge in [-0.3, -0.25) is 0 Å². The first-order valence-electron chi connectivity index (χ1n) is 7.29. The molecular weight excluding hydrogens is 272 g/mol. The van der Waals surface area contributed by atoms with Gasteiger partial charge in [0.2, 0.25) is 10.0 Å². The van der Waals surface area contributed by atoms with Crippen molar-refractivity contribution in [3.05, 3.63) is 23.8 Å². The van der Waals surface area contributed by atoms with E-state index < -0.39 is 10.0 Å². The van der Waals surface area contributed by atoms with Crippen LogP contribution in [0.25, 0.3) is 0 Å². The van der Waals surface area contributed by atoms with Gasteiger partial charge in [-0.25, -0.2) is 13.1 Å². The number of rotatable bonds is 8. The van der Waals surface area contributed by atoms with Gasteiger partial charge in [0.05, 0.1) is 4.90 Å². The highest BCUT2D eigenvalue weighted by atomic mass is 32.2. The first-order chi connectivity index (χ1) is 9.42. The summed E-state index contributed by atoms with van der Waals surface area (Å²) < 4.78 is 27.8. The average Bonchev–Trinajstić information content (AvgIpc) is 2.39. The quantitative estimate of drug-likeness (QED) is 0.724. The van der Waals surface area contributed by atoms with E-state index in [0.29, 0.717) is 11.3 Å². The van der Waals surface area contributed by atoms with Gasteiger partial charge >= 0.3 is 0 Å². The normalized spacial score (nSPS) is 13.3. The molecule has 0 radical (unpaired) electrons. The van der Waals surface area contributed by atoms with E-state index >= 15 is 0 Å². The van der Waals surface area contributed by atoms with Crippen molar-refractivity contribution < 1.29 is 8.42 Å². The van der Waals surface area contributed by atoms with Crippen molar-refractivity contribution in [2.45, 2.75) is 63.8 Å². The van der Waals surface area contributed by atoms with E-state index in [-0.39, 0.29) is 10.9 Å². The zero-order chi connectivity index (χ0) is 15.2. The highest BCUT2D eigenvalue weighted by molar-refractivity contribution is 7.89. The van der Waals surface area contributed by atoms with Crippen LogP contribution in [0.15, 0.2) is 23.1 Å². The van der Waals surface area contributed by atoms with Crippen molar-refractivity contribution in [3.8, 4) is 0 Å². The van der Waals surface area contributed by atoms with Crippen molar-refractivity contribution >= 4 is 15.7 Å². The number of nitrogen functional groups attached to an aromatic ring is 1. The molecular formula is C15H26N2O2S. The molecule has 3 N–H and O–H groups in total. The monoisotopic (exact) mass is 298 g/mol. The summed E-state index contributed by atoms with van der Waals surface area (Å²) in [6.07, 6.45) is 4.81. The highest BCUT2D eigenvalue weighted by Crippen LogP contribution is 2.21. The second-order valence-corrected chi connectivity index (χ2v) is 6.90.